The number of para-hydroxylation sites is 2. The van der Waals surface area contributed by atoms with Crippen molar-refractivity contribution in [3.05, 3.63) is 140 Å². The number of benzene rings is 4. The molecule has 0 aliphatic heterocycles. The molecule has 0 saturated carbocycles. The molecule has 4 aromatic carbocycles. The zero-order chi connectivity index (χ0) is 33.5. The first-order valence-electron chi connectivity index (χ1n) is 16.3. The van der Waals surface area contributed by atoms with Crippen molar-refractivity contribution in [2.75, 3.05) is 9.80 Å². The molecule has 0 amide bonds. The van der Waals surface area contributed by atoms with Crippen molar-refractivity contribution >= 4 is 101 Å². The van der Waals surface area contributed by atoms with E-state index < -0.39 is 0 Å². The Hall–Kier alpha value is -7.33. The number of aromatic nitrogens is 3. The summed E-state index contributed by atoms with van der Waals surface area (Å²) in [7, 11) is 0. The highest BCUT2D eigenvalue weighted by Gasteiger charge is 2.23. The maximum atomic E-state index is 6.35. The number of fused-ring (bicyclic) bond motifs is 9. The maximum absolute atomic E-state index is 6.35. The summed E-state index contributed by atoms with van der Waals surface area (Å²) in [5.41, 5.74) is 5.53. The highest BCUT2D eigenvalue weighted by Crippen LogP contribution is 2.41. The van der Waals surface area contributed by atoms with Gasteiger partial charge in [-0.2, -0.15) is 9.97 Å². The lowest BCUT2D eigenvalue weighted by Crippen LogP contribution is -2.12. The monoisotopic (exact) mass is 665 g/mol. The van der Waals surface area contributed by atoms with Gasteiger partial charge in [-0.3, -0.25) is 4.90 Å². The molecule has 0 bridgehead atoms. The SMILES string of the molecule is c1coc(N(c2ccc3c(c2)oc2ccccc23)c2ccc3c(n2)oc2nc(N(c4ccc5c(c4)oc4ccccc45)c4ccco4)ncc23)c1. The van der Waals surface area contributed by atoms with Crippen LogP contribution < -0.4 is 9.80 Å². The van der Waals surface area contributed by atoms with Gasteiger partial charge in [-0.1, -0.05) is 36.4 Å². The van der Waals surface area contributed by atoms with Gasteiger partial charge in [-0.15, -0.1) is 0 Å². The van der Waals surface area contributed by atoms with Crippen molar-refractivity contribution in [1.82, 2.24) is 15.0 Å². The van der Waals surface area contributed by atoms with Crippen LogP contribution in [0.25, 0.3) is 66.1 Å². The van der Waals surface area contributed by atoms with Crippen LogP contribution in [0.2, 0.25) is 0 Å². The smallest absolute Gasteiger partial charge is 0.240 e. The second kappa shape index (κ2) is 10.6. The fraction of sp³-hybridized carbons (Fsp3) is 0. The third-order valence-corrected chi connectivity index (χ3v) is 9.19. The summed E-state index contributed by atoms with van der Waals surface area (Å²) >= 11 is 0. The fourth-order valence-corrected chi connectivity index (χ4v) is 6.87. The molecule has 0 unspecified atom stereocenters. The molecule has 0 N–H and O–H groups in total. The predicted octanol–water partition coefficient (Wildman–Crippen LogP) is 11.7. The first-order chi connectivity index (χ1) is 25.2. The standard InChI is InChI=1S/C41H23N5O5/c1-3-9-32-26(7-1)28-15-13-24(21-34(28)49-32)45(37-11-5-19-47-37)36-18-17-30-31-23-42-41(44-40(31)51-39(30)43-36)46(38-12-6-20-48-38)25-14-16-29-27-8-2-4-10-33(27)50-35(29)22-25/h1-23H. The van der Waals surface area contributed by atoms with Crippen LogP contribution in [-0.4, -0.2) is 15.0 Å². The molecule has 0 atom stereocenters. The minimum Gasteiger partial charge on any atom is -0.456 e. The van der Waals surface area contributed by atoms with Crippen molar-refractivity contribution in [2.45, 2.75) is 0 Å². The Kier molecular flexibility index (Phi) is 5.73. The van der Waals surface area contributed by atoms with Gasteiger partial charge in [0, 0.05) is 52.0 Å². The predicted molar refractivity (Wildman–Crippen MR) is 196 cm³/mol. The number of anilines is 6. The van der Waals surface area contributed by atoms with Gasteiger partial charge in [-0.25, -0.2) is 9.88 Å². The van der Waals surface area contributed by atoms with Crippen molar-refractivity contribution in [2.24, 2.45) is 0 Å². The van der Waals surface area contributed by atoms with Gasteiger partial charge in [0.2, 0.25) is 29.1 Å². The first-order valence-corrected chi connectivity index (χ1v) is 16.3. The summed E-state index contributed by atoms with van der Waals surface area (Å²) in [4.78, 5) is 18.4. The molecule has 0 radical (unpaired) electrons. The van der Waals surface area contributed by atoms with Gasteiger partial charge in [0.15, 0.2) is 0 Å². The van der Waals surface area contributed by atoms with E-state index in [1.807, 2.05) is 113 Å². The average Bonchev–Trinajstić information content (AvgIpc) is 4.01. The molecule has 10 nitrogen and oxygen atoms in total. The van der Waals surface area contributed by atoms with Gasteiger partial charge in [0.1, 0.15) is 28.1 Å². The lowest BCUT2D eigenvalue weighted by Gasteiger charge is -2.21. The fourth-order valence-electron chi connectivity index (χ4n) is 6.87. The molecule has 11 aromatic rings. The van der Waals surface area contributed by atoms with Crippen molar-refractivity contribution in [3.63, 3.8) is 0 Å². The number of hydrogen-bond donors (Lipinski definition) is 0. The van der Waals surface area contributed by atoms with E-state index in [9.17, 15) is 0 Å². The first kappa shape index (κ1) is 27.6. The van der Waals surface area contributed by atoms with E-state index in [2.05, 4.69) is 18.2 Å². The zero-order valence-corrected chi connectivity index (χ0v) is 26.6. The van der Waals surface area contributed by atoms with Crippen LogP contribution in [0.15, 0.2) is 162 Å². The number of nitrogens with zero attached hydrogens (tertiary/aromatic N) is 5. The second-order valence-electron chi connectivity index (χ2n) is 12.1. The summed E-state index contributed by atoms with van der Waals surface area (Å²) in [6, 6.07) is 39.4. The van der Waals surface area contributed by atoms with Crippen LogP contribution in [0.3, 0.4) is 0 Å². The summed E-state index contributed by atoms with van der Waals surface area (Å²) in [6.07, 6.45) is 5.00. The normalized spacial score (nSPS) is 11.9. The van der Waals surface area contributed by atoms with Crippen molar-refractivity contribution in [3.8, 4) is 0 Å². The van der Waals surface area contributed by atoms with Crippen LogP contribution in [0.1, 0.15) is 0 Å². The number of pyridine rings is 1. The molecule has 7 aromatic heterocycles. The highest BCUT2D eigenvalue weighted by atomic mass is 16.4. The maximum Gasteiger partial charge on any atom is 0.240 e. The summed E-state index contributed by atoms with van der Waals surface area (Å²) < 4.78 is 30.5. The number of furan rings is 5. The molecule has 51 heavy (non-hydrogen) atoms. The molecule has 11 rings (SSSR count). The molecule has 0 aliphatic carbocycles. The second-order valence-corrected chi connectivity index (χ2v) is 12.1. The molecule has 0 aliphatic rings. The Balaban J connectivity index is 1.02. The topological polar surface area (TPSA) is 111 Å². The van der Waals surface area contributed by atoms with Gasteiger partial charge in [0.25, 0.3) is 0 Å². The molecular formula is C41H23N5O5. The van der Waals surface area contributed by atoms with Crippen LogP contribution in [0.4, 0.5) is 34.9 Å². The van der Waals surface area contributed by atoms with Crippen LogP contribution in [-0.2, 0) is 0 Å². The molecular weight excluding hydrogens is 642 g/mol. The van der Waals surface area contributed by atoms with E-state index in [1.54, 1.807) is 18.7 Å². The van der Waals surface area contributed by atoms with Gasteiger partial charge in [0.05, 0.1) is 34.7 Å². The van der Waals surface area contributed by atoms with Gasteiger partial charge in [-0.05, 0) is 60.7 Å². The highest BCUT2D eigenvalue weighted by molar-refractivity contribution is 6.07. The zero-order valence-electron chi connectivity index (χ0n) is 26.6. The van der Waals surface area contributed by atoms with Crippen LogP contribution >= 0.6 is 0 Å². The number of rotatable bonds is 6. The van der Waals surface area contributed by atoms with Gasteiger partial charge < -0.3 is 22.1 Å². The largest absolute Gasteiger partial charge is 0.456 e. The Bertz CT molecular complexity index is 2860. The molecule has 10 heteroatoms. The van der Waals surface area contributed by atoms with E-state index in [4.69, 9.17) is 37.0 Å². The third-order valence-electron chi connectivity index (χ3n) is 9.19. The third kappa shape index (κ3) is 4.26. The van der Waals surface area contributed by atoms with Crippen LogP contribution in [0, 0.1) is 0 Å². The Morgan fingerprint density at radius 2 is 1.00 bits per heavy atom. The Labute approximate surface area is 287 Å². The molecule has 242 valence electrons. The average molecular weight is 666 g/mol. The van der Waals surface area contributed by atoms with E-state index in [-0.39, 0.29) is 0 Å². The van der Waals surface area contributed by atoms with E-state index >= 15 is 0 Å². The minimum absolute atomic E-state index is 0.364. The molecule has 0 fully saturated rings. The van der Waals surface area contributed by atoms with Gasteiger partial charge >= 0.3 is 0 Å². The van der Waals surface area contributed by atoms with E-state index in [0.29, 0.717) is 35.0 Å². The molecule has 0 spiro atoms. The summed E-state index contributed by atoms with van der Waals surface area (Å²) in [6.45, 7) is 0. The van der Waals surface area contributed by atoms with E-state index in [0.717, 1.165) is 66.0 Å². The minimum atomic E-state index is 0.364. The lowest BCUT2D eigenvalue weighted by molar-refractivity contribution is 0.571. The van der Waals surface area contributed by atoms with Crippen molar-refractivity contribution in [1.29, 1.82) is 0 Å². The summed E-state index contributed by atoms with van der Waals surface area (Å²) in [5.74, 6) is 2.09. The quantitative estimate of drug-likeness (QED) is 0.170. The summed E-state index contributed by atoms with van der Waals surface area (Å²) in [5, 5.41) is 5.67. The Morgan fingerprint density at radius 1 is 0.431 bits per heavy atom. The van der Waals surface area contributed by atoms with Crippen molar-refractivity contribution < 1.29 is 22.1 Å². The van der Waals surface area contributed by atoms with E-state index in [1.165, 1.54) is 0 Å². The number of hydrogen-bond acceptors (Lipinski definition) is 10. The molecule has 0 saturated heterocycles. The van der Waals surface area contributed by atoms with Crippen LogP contribution in [0.5, 0.6) is 0 Å². The Morgan fingerprint density at radius 3 is 1.65 bits per heavy atom. The molecule has 7 heterocycles. The lowest BCUT2D eigenvalue weighted by atomic mass is 10.1.